The molecule has 0 spiro atoms. The van der Waals surface area contributed by atoms with Crippen molar-refractivity contribution in [2.24, 2.45) is 5.73 Å². The summed E-state index contributed by atoms with van der Waals surface area (Å²) in [6, 6.07) is 6.86. The number of nitrogens with zero attached hydrogens (tertiary/aromatic N) is 2. The van der Waals surface area contributed by atoms with Gasteiger partial charge in [0.05, 0.1) is 17.6 Å². The third kappa shape index (κ3) is 2.26. The molecule has 2 N–H and O–H groups in total. The van der Waals surface area contributed by atoms with Gasteiger partial charge in [0.2, 0.25) is 0 Å². The Hall–Kier alpha value is -1.55. The van der Waals surface area contributed by atoms with Crippen LogP contribution in [0.3, 0.4) is 0 Å². The number of imidazole rings is 1. The molecule has 2 rings (SSSR count). The van der Waals surface area contributed by atoms with E-state index in [0.717, 1.165) is 29.6 Å². The second-order valence-corrected chi connectivity index (χ2v) is 4.01. The van der Waals surface area contributed by atoms with Crippen molar-refractivity contribution < 1.29 is 4.74 Å². The molecule has 0 saturated carbocycles. The van der Waals surface area contributed by atoms with E-state index in [-0.39, 0.29) is 0 Å². The van der Waals surface area contributed by atoms with Gasteiger partial charge in [-0.3, -0.25) is 4.57 Å². The third-order valence-electron chi connectivity index (χ3n) is 2.73. The fraction of sp³-hybridized carbons (Fsp3) is 0.462. The summed E-state index contributed by atoms with van der Waals surface area (Å²) in [5.74, 6) is 0. The largest absolute Gasteiger partial charge is 0.465 e. The molecule has 0 amide bonds. The average Bonchev–Trinajstić information content (AvgIpc) is 2.68. The molecule has 0 atom stereocenters. The zero-order valence-corrected chi connectivity index (χ0v) is 10.4. The Morgan fingerprint density at radius 1 is 1.35 bits per heavy atom. The number of aromatic nitrogens is 2. The van der Waals surface area contributed by atoms with E-state index in [1.807, 2.05) is 19.1 Å². The van der Waals surface area contributed by atoms with Crippen molar-refractivity contribution in [2.75, 3.05) is 6.61 Å². The molecule has 0 aliphatic heterocycles. The van der Waals surface area contributed by atoms with Gasteiger partial charge in [-0.1, -0.05) is 13.0 Å². The van der Waals surface area contributed by atoms with E-state index in [2.05, 4.69) is 22.5 Å². The minimum absolute atomic E-state index is 0.542. The Morgan fingerprint density at radius 2 is 2.18 bits per heavy atom. The normalized spacial score (nSPS) is 11.0. The maximum absolute atomic E-state index is 5.64. The van der Waals surface area contributed by atoms with Crippen molar-refractivity contribution in [3.05, 3.63) is 23.8 Å². The van der Waals surface area contributed by atoms with Gasteiger partial charge < -0.3 is 10.5 Å². The van der Waals surface area contributed by atoms with Crippen molar-refractivity contribution in [3.63, 3.8) is 0 Å². The summed E-state index contributed by atoms with van der Waals surface area (Å²) in [5.41, 5.74) is 8.82. The molecule has 1 heterocycles. The van der Waals surface area contributed by atoms with Gasteiger partial charge in [0.15, 0.2) is 0 Å². The van der Waals surface area contributed by atoms with Crippen LogP contribution in [0.15, 0.2) is 18.2 Å². The molecule has 2 aromatic rings. The predicted octanol–water partition coefficient (Wildman–Crippen LogP) is 2.30. The summed E-state index contributed by atoms with van der Waals surface area (Å²) in [6.45, 7) is 6.22. The van der Waals surface area contributed by atoms with Crippen LogP contribution in [0.2, 0.25) is 0 Å². The van der Waals surface area contributed by atoms with E-state index in [9.17, 15) is 0 Å². The van der Waals surface area contributed by atoms with Crippen molar-refractivity contribution in [3.8, 4) is 6.01 Å². The van der Waals surface area contributed by atoms with Gasteiger partial charge in [0, 0.05) is 13.1 Å². The summed E-state index contributed by atoms with van der Waals surface area (Å²) >= 11 is 0. The van der Waals surface area contributed by atoms with Gasteiger partial charge >= 0.3 is 0 Å². The lowest BCUT2D eigenvalue weighted by Gasteiger charge is -2.07. The minimum Gasteiger partial charge on any atom is -0.465 e. The number of rotatable bonds is 5. The van der Waals surface area contributed by atoms with E-state index < -0.39 is 0 Å². The highest BCUT2D eigenvalue weighted by Crippen LogP contribution is 2.23. The molecule has 0 unspecified atom stereocenters. The van der Waals surface area contributed by atoms with Crippen molar-refractivity contribution >= 4 is 11.0 Å². The zero-order valence-electron chi connectivity index (χ0n) is 10.4. The van der Waals surface area contributed by atoms with E-state index in [1.165, 1.54) is 0 Å². The monoisotopic (exact) mass is 233 g/mol. The van der Waals surface area contributed by atoms with E-state index in [1.54, 1.807) is 0 Å². The number of nitrogens with two attached hydrogens (primary N) is 1. The summed E-state index contributed by atoms with van der Waals surface area (Å²) in [4.78, 5) is 4.51. The molecule has 0 aliphatic rings. The highest BCUT2D eigenvalue weighted by molar-refractivity contribution is 5.77. The predicted molar refractivity (Wildman–Crippen MR) is 69.1 cm³/mol. The van der Waals surface area contributed by atoms with E-state index in [0.29, 0.717) is 19.2 Å². The van der Waals surface area contributed by atoms with Gasteiger partial charge in [-0.05, 0) is 31.0 Å². The Morgan fingerprint density at radius 3 is 2.82 bits per heavy atom. The number of hydrogen-bond donors (Lipinski definition) is 1. The lowest BCUT2D eigenvalue weighted by Crippen LogP contribution is -2.03. The third-order valence-corrected chi connectivity index (χ3v) is 2.73. The van der Waals surface area contributed by atoms with Crippen LogP contribution in [0.25, 0.3) is 11.0 Å². The zero-order chi connectivity index (χ0) is 12.3. The lowest BCUT2D eigenvalue weighted by molar-refractivity contribution is 0.298. The number of aryl methyl sites for hydroxylation is 1. The van der Waals surface area contributed by atoms with Crippen LogP contribution in [-0.2, 0) is 13.1 Å². The molecule has 17 heavy (non-hydrogen) atoms. The van der Waals surface area contributed by atoms with Crippen LogP contribution in [0.5, 0.6) is 6.01 Å². The van der Waals surface area contributed by atoms with E-state index >= 15 is 0 Å². The first-order valence-electron chi connectivity index (χ1n) is 6.12. The number of ether oxygens (including phenoxy) is 1. The standard InChI is InChI=1S/C13H19N3O/c1-3-7-16-12-6-5-10(9-14)8-11(12)15-13(16)17-4-2/h5-6,8H,3-4,7,9,14H2,1-2H3. The van der Waals surface area contributed by atoms with E-state index in [4.69, 9.17) is 10.5 Å². The molecule has 0 saturated heterocycles. The Labute approximate surface area is 101 Å². The Kier molecular flexibility index (Phi) is 3.64. The molecule has 0 bridgehead atoms. The smallest absolute Gasteiger partial charge is 0.297 e. The molecule has 4 nitrogen and oxygen atoms in total. The maximum Gasteiger partial charge on any atom is 0.297 e. The molecule has 92 valence electrons. The molecule has 4 heteroatoms. The van der Waals surface area contributed by atoms with Crippen molar-refractivity contribution in [1.29, 1.82) is 0 Å². The Balaban J connectivity index is 2.52. The quantitative estimate of drug-likeness (QED) is 0.862. The van der Waals surface area contributed by atoms with Gasteiger partial charge in [-0.2, -0.15) is 4.98 Å². The van der Waals surface area contributed by atoms with Crippen LogP contribution in [0, 0.1) is 0 Å². The van der Waals surface area contributed by atoms with Gasteiger partial charge in [0.1, 0.15) is 0 Å². The fourth-order valence-electron chi connectivity index (χ4n) is 1.96. The lowest BCUT2D eigenvalue weighted by atomic mass is 10.2. The van der Waals surface area contributed by atoms with Gasteiger partial charge in [-0.15, -0.1) is 0 Å². The number of hydrogen-bond acceptors (Lipinski definition) is 3. The SMILES string of the molecule is CCCn1c(OCC)nc2cc(CN)ccc21. The highest BCUT2D eigenvalue weighted by Gasteiger charge is 2.10. The first-order chi connectivity index (χ1) is 8.30. The average molecular weight is 233 g/mol. The molecule has 1 aromatic carbocycles. The number of benzene rings is 1. The molecular weight excluding hydrogens is 214 g/mol. The topological polar surface area (TPSA) is 53.1 Å². The minimum atomic E-state index is 0.542. The summed E-state index contributed by atoms with van der Waals surface area (Å²) in [7, 11) is 0. The van der Waals surface area contributed by atoms with Crippen LogP contribution in [-0.4, -0.2) is 16.2 Å². The second kappa shape index (κ2) is 5.19. The second-order valence-electron chi connectivity index (χ2n) is 4.01. The summed E-state index contributed by atoms with van der Waals surface area (Å²) in [5, 5.41) is 0. The summed E-state index contributed by atoms with van der Waals surface area (Å²) in [6.07, 6.45) is 1.06. The van der Waals surface area contributed by atoms with Crippen LogP contribution in [0.1, 0.15) is 25.8 Å². The molecule has 0 fully saturated rings. The van der Waals surface area contributed by atoms with Gasteiger partial charge in [0.25, 0.3) is 6.01 Å². The van der Waals surface area contributed by atoms with Crippen molar-refractivity contribution in [2.45, 2.75) is 33.4 Å². The molecule has 1 aromatic heterocycles. The molecular formula is C13H19N3O. The highest BCUT2D eigenvalue weighted by atomic mass is 16.5. The first-order valence-corrected chi connectivity index (χ1v) is 6.12. The van der Waals surface area contributed by atoms with Crippen LogP contribution < -0.4 is 10.5 Å². The van der Waals surface area contributed by atoms with Gasteiger partial charge in [-0.25, -0.2) is 0 Å². The number of fused-ring (bicyclic) bond motifs is 1. The molecule has 0 radical (unpaired) electrons. The van der Waals surface area contributed by atoms with Crippen molar-refractivity contribution in [1.82, 2.24) is 9.55 Å². The Bertz CT molecular complexity index is 505. The fourth-order valence-corrected chi connectivity index (χ4v) is 1.96. The maximum atomic E-state index is 5.64. The van der Waals surface area contributed by atoms with Crippen LogP contribution in [0.4, 0.5) is 0 Å². The molecule has 0 aliphatic carbocycles. The van der Waals surface area contributed by atoms with Crippen LogP contribution >= 0.6 is 0 Å². The first kappa shape index (κ1) is 11.9. The summed E-state index contributed by atoms with van der Waals surface area (Å²) < 4.78 is 7.69.